The lowest BCUT2D eigenvalue weighted by Crippen LogP contribution is -2.09. The van der Waals surface area contributed by atoms with Crippen molar-refractivity contribution in [3.8, 4) is 11.1 Å². The second-order valence-electron chi connectivity index (χ2n) is 7.73. The molecule has 2 aromatic rings. The van der Waals surface area contributed by atoms with E-state index in [-0.39, 0.29) is 0 Å². The molecule has 1 unspecified atom stereocenters. The van der Waals surface area contributed by atoms with Gasteiger partial charge < -0.3 is 0 Å². The van der Waals surface area contributed by atoms with Crippen LogP contribution in [-0.4, -0.2) is 6.61 Å². The van der Waals surface area contributed by atoms with Crippen LogP contribution in [0, 0.1) is 0 Å². The van der Waals surface area contributed by atoms with Gasteiger partial charge in [0.05, 0.1) is 0 Å². The topological polar surface area (TPSA) is 26.3 Å². The Hall–Kier alpha value is -1.50. The van der Waals surface area contributed by atoms with Gasteiger partial charge in [-0.05, 0) is 63.6 Å². The number of hydrogen-bond donors (Lipinski definition) is 0. The summed E-state index contributed by atoms with van der Waals surface area (Å²) in [6, 6.07) is 12.7. The van der Waals surface area contributed by atoms with Gasteiger partial charge in [0.25, 0.3) is 0 Å². The third-order valence-corrected chi connectivity index (χ3v) is 6.02. The van der Waals surface area contributed by atoms with E-state index in [1.807, 2.05) is 25.1 Å². The average Bonchev–Trinajstić information content (AvgIpc) is 2.60. The quantitative estimate of drug-likeness (QED) is 0.484. The molecule has 3 heteroatoms. The van der Waals surface area contributed by atoms with Crippen LogP contribution in [0.2, 0.25) is 0 Å². The summed E-state index contributed by atoms with van der Waals surface area (Å²) < 4.78 is 18.2. The molecule has 0 aliphatic rings. The van der Waals surface area contributed by atoms with E-state index in [9.17, 15) is 4.57 Å². The van der Waals surface area contributed by atoms with Gasteiger partial charge in [0.1, 0.15) is 6.61 Å². The minimum atomic E-state index is -1.85. The summed E-state index contributed by atoms with van der Waals surface area (Å²) in [5.74, 6) is 1.26. The van der Waals surface area contributed by atoms with Gasteiger partial charge in [0.2, 0.25) is 5.30 Å². The maximum Gasteiger partial charge on any atom is 0.549 e. The highest BCUT2D eigenvalue weighted by molar-refractivity contribution is 7.48. The standard InChI is InChI=1S/C23H32O2P/c1-8-25-26(24)22-12-10-9-11-19(22)23-20(16(4)5)13-18(15(2)3)14-21(23)17(6)7/h9-17H,8H2,1-7H3/q+1. The Labute approximate surface area is 159 Å². The van der Waals surface area contributed by atoms with Crippen LogP contribution in [-0.2, 0) is 9.09 Å². The van der Waals surface area contributed by atoms with Crippen LogP contribution in [0.5, 0.6) is 0 Å². The molecule has 0 saturated heterocycles. The third-order valence-electron chi connectivity index (χ3n) is 4.75. The molecule has 0 amide bonds. The van der Waals surface area contributed by atoms with Crippen LogP contribution in [0.25, 0.3) is 11.1 Å². The molecule has 2 nitrogen and oxygen atoms in total. The van der Waals surface area contributed by atoms with Crippen LogP contribution in [0.3, 0.4) is 0 Å². The van der Waals surface area contributed by atoms with E-state index in [0.717, 1.165) is 10.9 Å². The minimum absolute atomic E-state index is 0.388. The van der Waals surface area contributed by atoms with Gasteiger partial charge in [-0.15, -0.1) is 4.52 Å². The highest BCUT2D eigenvalue weighted by Crippen LogP contribution is 2.40. The first kappa shape index (κ1) is 20.8. The molecule has 0 radical (unpaired) electrons. The Morgan fingerprint density at radius 3 is 1.88 bits per heavy atom. The van der Waals surface area contributed by atoms with Gasteiger partial charge in [-0.25, -0.2) is 0 Å². The molecular formula is C23H32O2P+. The second-order valence-corrected chi connectivity index (χ2v) is 8.98. The summed E-state index contributed by atoms with van der Waals surface area (Å²) in [6.45, 7) is 15.7. The highest BCUT2D eigenvalue weighted by Gasteiger charge is 2.29. The minimum Gasteiger partial charge on any atom is -0.142 e. The summed E-state index contributed by atoms with van der Waals surface area (Å²) in [5.41, 5.74) is 6.30. The van der Waals surface area contributed by atoms with Crippen molar-refractivity contribution in [1.29, 1.82) is 0 Å². The normalized spacial score (nSPS) is 12.3. The monoisotopic (exact) mass is 371 g/mol. The average molecular weight is 371 g/mol. The van der Waals surface area contributed by atoms with E-state index >= 15 is 0 Å². The van der Waals surface area contributed by atoms with Crippen LogP contribution < -0.4 is 5.30 Å². The molecule has 0 aliphatic carbocycles. The Bertz CT molecular complexity index is 747. The summed E-state index contributed by atoms with van der Waals surface area (Å²) in [6.07, 6.45) is 0. The van der Waals surface area contributed by atoms with E-state index < -0.39 is 8.03 Å². The predicted octanol–water partition coefficient (Wildman–Crippen LogP) is 7.13. The fourth-order valence-electron chi connectivity index (χ4n) is 3.30. The molecule has 1 atom stereocenters. The Balaban J connectivity index is 2.83. The molecule has 0 aliphatic heterocycles. The number of benzene rings is 2. The van der Waals surface area contributed by atoms with Crippen LogP contribution in [0.15, 0.2) is 36.4 Å². The van der Waals surface area contributed by atoms with Crippen LogP contribution >= 0.6 is 8.03 Å². The van der Waals surface area contributed by atoms with E-state index in [1.54, 1.807) is 0 Å². The number of hydrogen-bond acceptors (Lipinski definition) is 2. The maximum absolute atomic E-state index is 12.7. The maximum atomic E-state index is 12.7. The summed E-state index contributed by atoms with van der Waals surface area (Å²) in [5, 5.41) is 0.797. The van der Waals surface area contributed by atoms with Gasteiger partial charge in [-0.2, -0.15) is 0 Å². The largest absolute Gasteiger partial charge is 0.549 e. The molecule has 0 saturated carbocycles. The Morgan fingerprint density at radius 2 is 1.42 bits per heavy atom. The lowest BCUT2D eigenvalue weighted by Gasteiger charge is -2.23. The first-order chi connectivity index (χ1) is 12.3. The fourth-order valence-corrected chi connectivity index (χ4v) is 4.26. The summed E-state index contributed by atoms with van der Waals surface area (Å²) in [7, 11) is -1.85. The number of rotatable bonds is 7. The van der Waals surface area contributed by atoms with Crippen molar-refractivity contribution in [3.63, 3.8) is 0 Å². The molecule has 140 valence electrons. The van der Waals surface area contributed by atoms with Gasteiger partial charge in [0, 0.05) is 5.56 Å². The van der Waals surface area contributed by atoms with Crippen molar-refractivity contribution in [1.82, 2.24) is 0 Å². The SMILES string of the molecule is CCO[P+](=O)c1ccccc1-c1c(C(C)C)cc(C(C)C)cc1C(C)C. The predicted molar refractivity (Wildman–Crippen MR) is 113 cm³/mol. The van der Waals surface area contributed by atoms with Crippen molar-refractivity contribution in [3.05, 3.63) is 53.1 Å². The highest BCUT2D eigenvalue weighted by atomic mass is 31.1. The first-order valence-corrected chi connectivity index (χ1v) is 10.8. The molecule has 0 aromatic heterocycles. The lowest BCUT2D eigenvalue weighted by molar-refractivity contribution is 0.357. The second kappa shape index (κ2) is 8.93. The first-order valence-electron chi connectivity index (χ1n) is 9.65. The molecular weight excluding hydrogens is 339 g/mol. The molecule has 0 N–H and O–H groups in total. The van der Waals surface area contributed by atoms with Crippen molar-refractivity contribution in [2.45, 2.75) is 66.2 Å². The summed E-state index contributed by atoms with van der Waals surface area (Å²) in [4.78, 5) is 0. The molecule has 0 fully saturated rings. The van der Waals surface area contributed by atoms with Crippen molar-refractivity contribution < 1.29 is 9.09 Å². The van der Waals surface area contributed by atoms with Crippen LogP contribution in [0.1, 0.15) is 82.9 Å². The lowest BCUT2D eigenvalue weighted by atomic mass is 9.82. The molecule has 2 rings (SSSR count). The van der Waals surface area contributed by atoms with E-state index in [2.05, 4.69) is 59.7 Å². The zero-order chi connectivity index (χ0) is 19.4. The summed E-state index contributed by atoms with van der Waals surface area (Å²) >= 11 is 0. The fraction of sp³-hybridized carbons (Fsp3) is 0.478. The Kier molecular flexibility index (Phi) is 7.15. The van der Waals surface area contributed by atoms with Gasteiger partial charge in [-0.3, -0.25) is 0 Å². The van der Waals surface area contributed by atoms with E-state index in [4.69, 9.17) is 4.52 Å². The van der Waals surface area contributed by atoms with E-state index in [1.165, 1.54) is 22.3 Å². The van der Waals surface area contributed by atoms with Gasteiger partial charge >= 0.3 is 8.03 Å². The molecule has 0 bridgehead atoms. The van der Waals surface area contributed by atoms with Gasteiger partial charge in [-0.1, -0.05) is 65.8 Å². The molecule has 2 aromatic carbocycles. The smallest absolute Gasteiger partial charge is 0.142 e. The Morgan fingerprint density at radius 1 is 0.885 bits per heavy atom. The third kappa shape index (κ3) is 4.42. The van der Waals surface area contributed by atoms with Crippen molar-refractivity contribution in [2.24, 2.45) is 0 Å². The zero-order valence-corrected chi connectivity index (χ0v) is 18.1. The zero-order valence-electron chi connectivity index (χ0n) is 17.2. The van der Waals surface area contributed by atoms with Crippen LogP contribution in [0.4, 0.5) is 0 Å². The van der Waals surface area contributed by atoms with E-state index in [0.29, 0.717) is 24.4 Å². The molecule has 0 spiro atoms. The molecule has 0 heterocycles. The van der Waals surface area contributed by atoms with Crippen molar-refractivity contribution >= 4 is 13.3 Å². The van der Waals surface area contributed by atoms with Crippen molar-refractivity contribution in [2.75, 3.05) is 6.61 Å². The van der Waals surface area contributed by atoms with Gasteiger partial charge in [0.15, 0.2) is 0 Å². The molecule has 26 heavy (non-hydrogen) atoms.